The molecule has 1 N–H and O–H groups in total. The summed E-state index contributed by atoms with van der Waals surface area (Å²) >= 11 is 7.37. The second-order valence-electron chi connectivity index (χ2n) is 8.19. The Kier molecular flexibility index (Phi) is 7.65. The quantitative estimate of drug-likeness (QED) is 0.289. The molecule has 0 bridgehead atoms. The number of Topliss-reactive ketones (excluding diaryl/α,β-unsaturated/α-hetero) is 1. The van der Waals surface area contributed by atoms with E-state index in [2.05, 4.69) is 14.7 Å². The summed E-state index contributed by atoms with van der Waals surface area (Å²) in [6, 6.07) is 7.78. The van der Waals surface area contributed by atoms with Gasteiger partial charge in [-0.2, -0.15) is 4.37 Å². The molecule has 0 spiro atoms. The molecule has 1 amide bonds. The number of ketones is 1. The number of hydrogen-bond donors (Lipinski definition) is 1. The third-order valence-corrected chi connectivity index (χ3v) is 6.73. The van der Waals surface area contributed by atoms with Gasteiger partial charge < -0.3 is 14.6 Å². The van der Waals surface area contributed by atoms with Crippen LogP contribution in [0, 0.1) is 11.6 Å². The molecule has 12 heteroatoms. The van der Waals surface area contributed by atoms with Crippen LogP contribution in [-0.4, -0.2) is 38.2 Å². The molecule has 1 atom stereocenters. The second kappa shape index (κ2) is 10.7. The van der Waals surface area contributed by atoms with Crippen LogP contribution in [-0.2, 0) is 16.1 Å². The van der Waals surface area contributed by atoms with E-state index in [1.807, 2.05) is 0 Å². The number of nitrogens with zero attached hydrogens (tertiary/aromatic N) is 3. The SMILES string of the molecule is CCOC(=O)c1nc(NC(=O)c2nsc3ccc(F)cc23)c([C@@H](C)c2cc(F)ccc2Cl)n1CC(C)=O. The van der Waals surface area contributed by atoms with Crippen molar-refractivity contribution in [2.75, 3.05) is 11.9 Å². The zero-order chi connectivity index (χ0) is 26.9. The van der Waals surface area contributed by atoms with E-state index in [1.54, 1.807) is 13.8 Å². The van der Waals surface area contributed by atoms with Gasteiger partial charge in [0.15, 0.2) is 5.82 Å². The summed E-state index contributed by atoms with van der Waals surface area (Å²) in [5.74, 6) is -3.93. The van der Waals surface area contributed by atoms with Gasteiger partial charge in [0.1, 0.15) is 23.1 Å². The van der Waals surface area contributed by atoms with Gasteiger partial charge in [0, 0.05) is 16.3 Å². The third-order valence-electron chi connectivity index (χ3n) is 5.56. The smallest absolute Gasteiger partial charge is 0.374 e. The molecule has 0 aliphatic rings. The molecule has 0 unspecified atom stereocenters. The summed E-state index contributed by atoms with van der Waals surface area (Å²) in [4.78, 5) is 42.5. The molecule has 0 saturated carbocycles. The topological polar surface area (TPSA) is 103 Å². The molecule has 0 aliphatic carbocycles. The maximum Gasteiger partial charge on any atom is 0.374 e. The van der Waals surface area contributed by atoms with Gasteiger partial charge >= 0.3 is 5.97 Å². The summed E-state index contributed by atoms with van der Waals surface area (Å²) in [7, 11) is 0. The number of anilines is 1. The fourth-order valence-electron chi connectivity index (χ4n) is 3.97. The van der Waals surface area contributed by atoms with E-state index in [0.29, 0.717) is 15.6 Å². The number of amides is 1. The molecule has 0 fully saturated rings. The van der Waals surface area contributed by atoms with Crippen LogP contribution in [0.3, 0.4) is 0 Å². The molecule has 4 rings (SSSR count). The van der Waals surface area contributed by atoms with Gasteiger partial charge in [-0.1, -0.05) is 18.5 Å². The van der Waals surface area contributed by atoms with Gasteiger partial charge in [-0.15, -0.1) is 0 Å². The first-order chi connectivity index (χ1) is 17.6. The minimum Gasteiger partial charge on any atom is -0.460 e. The van der Waals surface area contributed by atoms with Crippen molar-refractivity contribution in [3.05, 3.63) is 75.8 Å². The Morgan fingerprint density at radius 1 is 1.16 bits per heavy atom. The highest BCUT2D eigenvalue weighted by Crippen LogP contribution is 2.36. The Labute approximate surface area is 219 Å². The van der Waals surface area contributed by atoms with Crippen molar-refractivity contribution in [3.8, 4) is 0 Å². The monoisotopic (exact) mass is 546 g/mol. The lowest BCUT2D eigenvalue weighted by molar-refractivity contribution is -0.117. The van der Waals surface area contributed by atoms with Gasteiger partial charge in [-0.05, 0) is 67.3 Å². The van der Waals surface area contributed by atoms with Crippen LogP contribution in [0.15, 0.2) is 36.4 Å². The molecule has 192 valence electrons. The number of esters is 1. The van der Waals surface area contributed by atoms with Gasteiger partial charge in [0.2, 0.25) is 5.82 Å². The molecule has 2 aromatic heterocycles. The first-order valence-electron chi connectivity index (χ1n) is 11.2. The number of rotatable bonds is 8. The fourth-order valence-corrected chi connectivity index (χ4v) is 5.00. The number of nitrogens with one attached hydrogen (secondary N) is 1. The number of hydrogen-bond acceptors (Lipinski definition) is 7. The van der Waals surface area contributed by atoms with Crippen molar-refractivity contribution >= 4 is 56.7 Å². The van der Waals surface area contributed by atoms with E-state index < -0.39 is 29.4 Å². The number of carbonyl (C=O) groups excluding carboxylic acids is 3. The third kappa shape index (κ3) is 5.37. The van der Waals surface area contributed by atoms with Crippen LogP contribution in [0.2, 0.25) is 5.02 Å². The van der Waals surface area contributed by atoms with Gasteiger partial charge in [0.25, 0.3) is 5.91 Å². The fraction of sp³-hybridized carbons (Fsp3) is 0.240. The Morgan fingerprint density at radius 3 is 2.57 bits per heavy atom. The lowest BCUT2D eigenvalue weighted by atomic mass is 9.96. The van der Waals surface area contributed by atoms with Gasteiger partial charge in [-0.25, -0.2) is 18.6 Å². The van der Waals surface area contributed by atoms with E-state index in [0.717, 1.165) is 11.5 Å². The first-order valence-corrected chi connectivity index (χ1v) is 12.3. The van der Waals surface area contributed by atoms with Crippen LogP contribution in [0.25, 0.3) is 10.1 Å². The number of benzene rings is 2. The molecule has 37 heavy (non-hydrogen) atoms. The van der Waals surface area contributed by atoms with Crippen molar-refractivity contribution in [2.24, 2.45) is 0 Å². The molecule has 0 aliphatic heterocycles. The minimum absolute atomic E-state index is 0.0410. The zero-order valence-electron chi connectivity index (χ0n) is 20.0. The van der Waals surface area contributed by atoms with E-state index >= 15 is 0 Å². The number of fused-ring (bicyclic) bond motifs is 1. The Bertz CT molecular complexity index is 1530. The van der Waals surface area contributed by atoms with Crippen LogP contribution >= 0.6 is 23.1 Å². The number of aromatic nitrogens is 3. The molecule has 8 nitrogen and oxygen atoms in total. The summed E-state index contributed by atoms with van der Waals surface area (Å²) in [6.45, 7) is 4.39. The summed E-state index contributed by atoms with van der Waals surface area (Å²) in [6.07, 6.45) is 0. The largest absolute Gasteiger partial charge is 0.460 e. The molecular formula is C25H21ClF2N4O4S. The maximum atomic E-state index is 14.1. The summed E-state index contributed by atoms with van der Waals surface area (Å²) in [5, 5.41) is 3.18. The van der Waals surface area contributed by atoms with Gasteiger partial charge in [-0.3, -0.25) is 9.59 Å². The molecular weight excluding hydrogens is 526 g/mol. The van der Waals surface area contributed by atoms with Crippen molar-refractivity contribution in [1.82, 2.24) is 13.9 Å². The lowest BCUT2D eigenvalue weighted by Gasteiger charge is -2.19. The van der Waals surface area contributed by atoms with E-state index in [1.165, 1.54) is 47.9 Å². The summed E-state index contributed by atoms with van der Waals surface area (Å²) in [5.41, 5.74) is 0.531. The number of imidazole rings is 1. The van der Waals surface area contributed by atoms with Crippen molar-refractivity contribution < 1.29 is 27.9 Å². The molecule has 2 aromatic carbocycles. The second-order valence-corrected chi connectivity index (χ2v) is 9.40. The Hall–Kier alpha value is -3.70. The standard InChI is InChI=1S/C25H21ClF2N4O4S/c1-4-36-25(35)23-29-22(30-24(34)20-17-10-15(28)6-8-19(17)37-31-20)21(32(23)11-12(2)33)13(3)16-9-14(27)5-7-18(16)26/h5-10,13H,4,11H2,1-3H3,(H,30,34)/t13-/m0/s1. The highest BCUT2D eigenvalue weighted by Gasteiger charge is 2.30. The van der Waals surface area contributed by atoms with Crippen molar-refractivity contribution in [1.29, 1.82) is 0 Å². The highest BCUT2D eigenvalue weighted by atomic mass is 35.5. The first kappa shape index (κ1) is 26.4. The normalized spacial score (nSPS) is 11.9. The summed E-state index contributed by atoms with van der Waals surface area (Å²) < 4.78 is 39.2. The molecule has 0 radical (unpaired) electrons. The van der Waals surface area contributed by atoms with Crippen LogP contribution in [0.5, 0.6) is 0 Å². The van der Waals surface area contributed by atoms with Crippen LogP contribution in [0.4, 0.5) is 14.6 Å². The average molecular weight is 547 g/mol. The maximum absolute atomic E-state index is 14.1. The van der Waals surface area contributed by atoms with E-state index in [4.69, 9.17) is 16.3 Å². The lowest BCUT2D eigenvalue weighted by Crippen LogP contribution is -2.20. The van der Waals surface area contributed by atoms with E-state index in [-0.39, 0.29) is 47.0 Å². The van der Waals surface area contributed by atoms with E-state index in [9.17, 15) is 23.2 Å². The number of ether oxygens (including phenoxy) is 1. The Balaban J connectivity index is 1.87. The van der Waals surface area contributed by atoms with Crippen LogP contribution in [0.1, 0.15) is 59.1 Å². The number of carbonyl (C=O) groups is 3. The predicted molar refractivity (Wildman–Crippen MR) is 135 cm³/mol. The zero-order valence-corrected chi connectivity index (χ0v) is 21.5. The van der Waals surface area contributed by atoms with Gasteiger partial charge in [0.05, 0.1) is 23.5 Å². The minimum atomic E-state index is -0.816. The predicted octanol–water partition coefficient (Wildman–Crippen LogP) is 5.59. The molecule has 2 heterocycles. The average Bonchev–Trinajstić information content (AvgIpc) is 3.41. The van der Waals surface area contributed by atoms with Crippen LogP contribution < -0.4 is 5.32 Å². The van der Waals surface area contributed by atoms with Crippen molar-refractivity contribution in [2.45, 2.75) is 33.2 Å². The highest BCUT2D eigenvalue weighted by molar-refractivity contribution is 7.13. The van der Waals surface area contributed by atoms with Crippen molar-refractivity contribution in [3.63, 3.8) is 0 Å². The molecule has 4 aromatic rings. The Morgan fingerprint density at radius 2 is 1.86 bits per heavy atom. The number of halogens is 3. The molecule has 0 saturated heterocycles.